The van der Waals surface area contributed by atoms with Crippen LogP contribution in [0, 0.1) is 12.7 Å². The quantitative estimate of drug-likeness (QED) is 0.845. The van der Waals surface area contributed by atoms with Gasteiger partial charge in [0.25, 0.3) is 0 Å². The van der Waals surface area contributed by atoms with Gasteiger partial charge in [-0.3, -0.25) is 0 Å². The van der Waals surface area contributed by atoms with Crippen molar-refractivity contribution in [2.45, 2.75) is 25.8 Å². The average molecular weight is 241 g/mol. The minimum absolute atomic E-state index is 0.143. The highest BCUT2D eigenvalue weighted by molar-refractivity contribution is 5.48. The molecule has 0 saturated heterocycles. The van der Waals surface area contributed by atoms with E-state index in [4.69, 9.17) is 0 Å². The van der Waals surface area contributed by atoms with Crippen LogP contribution in [0.1, 0.15) is 16.7 Å². The van der Waals surface area contributed by atoms with E-state index in [9.17, 15) is 4.39 Å². The maximum absolute atomic E-state index is 13.5. The van der Waals surface area contributed by atoms with Crippen LogP contribution in [0.2, 0.25) is 0 Å². The number of benzene rings is 2. The van der Waals surface area contributed by atoms with Crippen LogP contribution in [-0.2, 0) is 12.8 Å². The number of halogens is 1. The summed E-state index contributed by atoms with van der Waals surface area (Å²) in [4.78, 5) is 0. The van der Waals surface area contributed by atoms with Crippen LogP contribution in [0.15, 0.2) is 42.5 Å². The van der Waals surface area contributed by atoms with Gasteiger partial charge in [0.05, 0.1) is 0 Å². The van der Waals surface area contributed by atoms with Crippen molar-refractivity contribution in [2.24, 2.45) is 0 Å². The van der Waals surface area contributed by atoms with Gasteiger partial charge in [-0.15, -0.1) is 0 Å². The van der Waals surface area contributed by atoms with E-state index in [1.807, 2.05) is 12.1 Å². The molecule has 92 valence electrons. The fourth-order valence-electron chi connectivity index (χ4n) is 2.58. The highest BCUT2D eigenvalue weighted by Gasteiger charge is 2.20. The van der Waals surface area contributed by atoms with Crippen LogP contribution in [0.3, 0.4) is 0 Å². The fraction of sp³-hybridized carbons (Fsp3) is 0.250. The van der Waals surface area contributed by atoms with Crippen molar-refractivity contribution >= 4 is 5.69 Å². The fourth-order valence-corrected chi connectivity index (χ4v) is 2.58. The standard InChI is InChI=1S/C16H16FN/c1-11-6-7-14(10-16(11)17)18-15-8-12-4-2-3-5-13(12)9-15/h2-7,10,15,18H,8-9H2,1H3. The first kappa shape index (κ1) is 11.3. The molecular weight excluding hydrogens is 225 g/mol. The molecule has 1 aliphatic carbocycles. The van der Waals surface area contributed by atoms with Gasteiger partial charge in [0, 0.05) is 11.7 Å². The van der Waals surface area contributed by atoms with Crippen molar-refractivity contribution in [1.82, 2.24) is 0 Å². The minimum Gasteiger partial charge on any atom is -0.382 e. The van der Waals surface area contributed by atoms with E-state index in [1.165, 1.54) is 11.1 Å². The van der Waals surface area contributed by atoms with Crippen molar-refractivity contribution < 1.29 is 4.39 Å². The van der Waals surface area contributed by atoms with Gasteiger partial charge in [-0.25, -0.2) is 4.39 Å². The average Bonchev–Trinajstić information content (AvgIpc) is 2.76. The molecule has 0 saturated carbocycles. The Hall–Kier alpha value is -1.83. The number of hydrogen-bond donors (Lipinski definition) is 1. The molecule has 1 nitrogen and oxygen atoms in total. The smallest absolute Gasteiger partial charge is 0.128 e. The summed E-state index contributed by atoms with van der Waals surface area (Å²) in [5, 5.41) is 3.42. The number of rotatable bonds is 2. The highest BCUT2D eigenvalue weighted by Crippen LogP contribution is 2.25. The molecule has 0 radical (unpaired) electrons. The van der Waals surface area contributed by atoms with E-state index >= 15 is 0 Å². The van der Waals surface area contributed by atoms with E-state index in [0.717, 1.165) is 18.5 Å². The molecule has 0 amide bonds. The van der Waals surface area contributed by atoms with Crippen LogP contribution in [0.5, 0.6) is 0 Å². The van der Waals surface area contributed by atoms with E-state index in [-0.39, 0.29) is 5.82 Å². The molecule has 0 fully saturated rings. The lowest BCUT2D eigenvalue weighted by molar-refractivity contribution is 0.618. The third-order valence-corrected chi connectivity index (χ3v) is 3.59. The van der Waals surface area contributed by atoms with Crippen LogP contribution >= 0.6 is 0 Å². The number of aryl methyl sites for hydroxylation is 1. The molecule has 2 heteroatoms. The molecule has 2 aromatic carbocycles. The van der Waals surface area contributed by atoms with Gasteiger partial charge in [0.15, 0.2) is 0 Å². The zero-order valence-electron chi connectivity index (χ0n) is 10.4. The van der Waals surface area contributed by atoms with Gasteiger partial charge in [-0.05, 0) is 48.6 Å². The highest BCUT2D eigenvalue weighted by atomic mass is 19.1. The first-order valence-corrected chi connectivity index (χ1v) is 6.32. The summed E-state index contributed by atoms with van der Waals surface area (Å²) in [6.07, 6.45) is 2.04. The van der Waals surface area contributed by atoms with E-state index in [1.54, 1.807) is 13.0 Å². The lowest BCUT2D eigenvalue weighted by Crippen LogP contribution is -2.19. The Kier molecular flexibility index (Phi) is 2.78. The Bertz CT molecular complexity index is 552. The van der Waals surface area contributed by atoms with Crippen LogP contribution in [0.25, 0.3) is 0 Å². The van der Waals surface area contributed by atoms with Gasteiger partial charge in [-0.1, -0.05) is 30.3 Å². The predicted molar refractivity (Wildman–Crippen MR) is 72.4 cm³/mol. The SMILES string of the molecule is Cc1ccc(NC2Cc3ccccc3C2)cc1F. The number of nitrogens with one attached hydrogen (secondary N) is 1. The molecule has 3 rings (SSSR count). The summed E-state index contributed by atoms with van der Waals surface area (Å²) >= 11 is 0. The molecule has 0 unspecified atom stereocenters. The maximum Gasteiger partial charge on any atom is 0.128 e. The second-order valence-electron chi connectivity index (χ2n) is 4.98. The summed E-state index contributed by atoms with van der Waals surface area (Å²) in [6, 6.07) is 14.2. The molecule has 0 atom stereocenters. The Labute approximate surface area is 107 Å². The first-order valence-electron chi connectivity index (χ1n) is 6.32. The summed E-state index contributed by atoms with van der Waals surface area (Å²) in [6.45, 7) is 1.78. The van der Waals surface area contributed by atoms with Crippen molar-refractivity contribution in [2.75, 3.05) is 5.32 Å². The monoisotopic (exact) mass is 241 g/mol. The van der Waals surface area contributed by atoms with Gasteiger partial charge in [0.1, 0.15) is 5.82 Å². The number of fused-ring (bicyclic) bond motifs is 1. The molecule has 0 aliphatic heterocycles. The summed E-state index contributed by atoms with van der Waals surface area (Å²) in [5.41, 5.74) is 4.37. The minimum atomic E-state index is -0.143. The molecule has 0 aromatic heterocycles. The van der Waals surface area contributed by atoms with Crippen LogP contribution in [0.4, 0.5) is 10.1 Å². The zero-order valence-corrected chi connectivity index (χ0v) is 10.4. The second-order valence-corrected chi connectivity index (χ2v) is 4.98. The van der Waals surface area contributed by atoms with Crippen molar-refractivity contribution in [3.05, 3.63) is 65.0 Å². The van der Waals surface area contributed by atoms with E-state index in [0.29, 0.717) is 11.6 Å². The number of hydrogen-bond acceptors (Lipinski definition) is 1. The first-order chi connectivity index (χ1) is 8.72. The maximum atomic E-state index is 13.5. The zero-order chi connectivity index (χ0) is 12.5. The Morgan fingerprint density at radius 2 is 1.72 bits per heavy atom. The molecule has 0 bridgehead atoms. The topological polar surface area (TPSA) is 12.0 Å². The van der Waals surface area contributed by atoms with Gasteiger partial charge < -0.3 is 5.32 Å². The van der Waals surface area contributed by atoms with Gasteiger partial charge in [0.2, 0.25) is 0 Å². The Morgan fingerprint density at radius 1 is 1.06 bits per heavy atom. The molecule has 1 N–H and O–H groups in total. The lowest BCUT2D eigenvalue weighted by atomic mass is 10.1. The lowest BCUT2D eigenvalue weighted by Gasteiger charge is -2.14. The summed E-state index contributed by atoms with van der Waals surface area (Å²) in [5.74, 6) is -0.143. The summed E-state index contributed by atoms with van der Waals surface area (Å²) in [7, 11) is 0. The van der Waals surface area contributed by atoms with E-state index in [2.05, 4.69) is 29.6 Å². The van der Waals surface area contributed by atoms with Crippen LogP contribution in [-0.4, -0.2) is 6.04 Å². The molecule has 18 heavy (non-hydrogen) atoms. The molecule has 2 aromatic rings. The molecule has 0 heterocycles. The van der Waals surface area contributed by atoms with Gasteiger partial charge >= 0.3 is 0 Å². The van der Waals surface area contributed by atoms with Crippen molar-refractivity contribution in [1.29, 1.82) is 0 Å². The summed E-state index contributed by atoms with van der Waals surface area (Å²) < 4.78 is 13.5. The second kappa shape index (κ2) is 4.45. The Morgan fingerprint density at radius 3 is 2.33 bits per heavy atom. The largest absolute Gasteiger partial charge is 0.382 e. The molecule has 1 aliphatic rings. The molecule has 0 spiro atoms. The molecular formula is C16H16FN. The third kappa shape index (κ3) is 2.10. The van der Waals surface area contributed by atoms with E-state index < -0.39 is 0 Å². The number of anilines is 1. The van der Waals surface area contributed by atoms with Gasteiger partial charge in [-0.2, -0.15) is 0 Å². The van der Waals surface area contributed by atoms with Crippen molar-refractivity contribution in [3.63, 3.8) is 0 Å². The normalized spacial score (nSPS) is 14.6. The third-order valence-electron chi connectivity index (χ3n) is 3.59. The van der Waals surface area contributed by atoms with Crippen LogP contribution < -0.4 is 5.32 Å². The predicted octanol–water partition coefficient (Wildman–Crippen LogP) is 3.71. The Balaban J connectivity index is 1.74. The van der Waals surface area contributed by atoms with Crippen molar-refractivity contribution in [3.8, 4) is 0 Å².